The first-order valence-electron chi connectivity index (χ1n) is 11.7. The van der Waals surface area contributed by atoms with Crippen molar-refractivity contribution in [2.24, 2.45) is 5.92 Å². The smallest absolute Gasteiger partial charge is 0.169 e. The van der Waals surface area contributed by atoms with Gasteiger partial charge in [0.25, 0.3) is 0 Å². The lowest BCUT2D eigenvalue weighted by atomic mass is 9.88. The number of piperidine rings is 1. The third-order valence-corrected chi connectivity index (χ3v) is 8.47. The molecule has 0 saturated carbocycles. The maximum absolute atomic E-state index is 13.5. The minimum atomic E-state index is -0.388. The summed E-state index contributed by atoms with van der Waals surface area (Å²) in [5, 5.41) is 0. The van der Waals surface area contributed by atoms with Gasteiger partial charge in [-0.3, -0.25) is 4.79 Å². The standard InChI is InChI=1S/C26H31FN2O2S/c1-17(26(30)20-8-7-18(27)15-23(20)31-2)9-12-28-13-10-22-21(16-28)19-5-3-6-24-25(19)29(22)11-4-14-32-24/h3,5-8,15,17,21-22H,4,9-14,16H2,1-2H3. The molecule has 4 nitrogen and oxygen atoms in total. The van der Waals surface area contributed by atoms with Gasteiger partial charge in [0.15, 0.2) is 5.78 Å². The van der Waals surface area contributed by atoms with Crippen molar-refractivity contribution >= 4 is 23.2 Å². The van der Waals surface area contributed by atoms with Crippen molar-refractivity contribution in [1.29, 1.82) is 0 Å². The Kier molecular flexibility index (Phi) is 6.17. The first-order chi connectivity index (χ1) is 15.6. The minimum Gasteiger partial charge on any atom is -0.496 e. The third-order valence-electron chi connectivity index (χ3n) is 7.33. The van der Waals surface area contributed by atoms with E-state index < -0.39 is 0 Å². The van der Waals surface area contributed by atoms with Gasteiger partial charge in [-0.2, -0.15) is 0 Å². The first-order valence-corrected chi connectivity index (χ1v) is 12.7. The molecule has 3 unspecified atom stereocenters. The zero-order valence-electron chi connectivity index (χ0n) is 18.9. The lowest BCUT2D eigenvalue weighted by molar-refractivity contribution is 0.0904. The van der Waals surface area contributed by atoms with Crippen LogP contribution >= 0.6 is 11.8 Å². The molecule has 0 aromatic heterocycles. The van der Waals surface area contributed by atoms with Crippen molar-refractivity contribution in [3.05, 3.63) is 53.3 Å². The van der Waals surface area contributed by atoms with Gasteiger partial charge in [0.05, 0.1) is 18.4 Å². The van der Waals surface area contributed by atoms with E-state index in [0.29, 0.717) is 23.3 Å². The second-order valence-corrected chi connectivity index (χ2v) is 10.4. The van der Waals surface area contributed by atoms with E-state index in [2.05, 4.69) is 28.0 Å². The predicted molar refractivity (Wildman–Crippen MR) is 128 cm³/mol. The maximum atomic E-state index is 13.5. The summed E-state index contributed by atoms with van der Waals surface area (Å²) < 4.78 is 18.7. The van der Waals surface area contributed by atoms with Gasteiger partial charge in [0, 0.05) is 48.5 Å². The van der Waals surface area contributed by atoms with Gasteiger partial charge < -0.3 is 14.5 Å². The maximum Gasteiger partial charge on any atom is 0.169 e. The Morgan fingerprint density at radius 1 is 1.28 bits per heavy atom. The van der Waals surface area contributed by atoms with E-state index in [1.54, 1.807) is 6.07 Å². The van der Waals surface area contributed by atoms with Gasteiger partial charge in [-0.1, -0.05) is 19.1 Å². The molecule has 0 spiro atoms. The number of benzene rings is 2. The summed E-state index contributed by atoms with van der Waals surface area (Å²) in [6.45, 7) is 6.19. The van der Waals surface area contributed by atoms with Gasteiger partial charge >= 0.3 is 0 Å². The highest BCUT2D eigenvalue weighted by atomic mass is 32.2. The Balaban J connectivity index is 1.25. The van der Waals surface area contributed by atoms with Crippen LogP contribution in [-0.2, 0) is 0 Å². The fourth-order valence-electron chi connectivity index (χ4n) is 5.65. The van der Waals surface area contributed by atoms with Crippen LogP contribution in [0.25, 0.3) is 0 Å². The number of rotatable bonds is 6. The Bertz CT molecular complexity index is 1010. The molecule has 32 heavy (non-hydrogen) atoms. The molecule has 3 atom stereocenters. The average Bonchev–Trinajstić information content (AvgIpc) is 2.97. The van der Waals surface area contributed by atoms with E-state index >= 15 is 0 Å². The van der Waals surface area contributed by atoms with Crippen molar-refractivity contribution in [2.45, 2.75) is 43.0 Å². The van der Waals surface area contributed by atoms with Crippen LogP contribution in [-0.4, -0.2) is 55.8 Å². The average molecular weight is 455 g/mol. The number of thioether (sulfide) groups is 1. The summed E-state index contributed by atoms with van der Waals surface area (Å²) in [6, 6.07) is 11.6. The molecular formula is C26H31FN2O2S. The number of carbonyl (C=O) groups excluding carboxylic acids is 1. The number of hydrogen-bond acceptors (Lipinski definition) is 5. The molecule has 3 aliphatic rings. The molecule has 0 radical (unpaired) electrons. The van der Waals surface area contributed by atoms with Crippen molar-refractivity contribution in [3.8, 4) is 5.75 Å². The Labute approximate surface area is 194 Å². The highest BCUT2D eigenvalue weighted by molar-refractivity contribution is 7.99. The summed E-state index contributed by atoms with van der Waals surface area (Å²) in [6.07, 6.45) is 3.22. The minimum absolute atomic E-state index is 0.0259. The number of anilines is 1. The number of ether oxygens (including phenoxy) is 1. The van der Waals surface area contributed by atoms with Crippen molar-refractivity contribution < 1.29 is 13.9 Å². The molecule has 0 aliphatic carbocycles. The van der Waals surface area contributed by atoms with Crippen LogP contribution in [0.2, 0.25) is 0 Å². The number of hydrogen-bond donors (Lipinski definition) is 0. The summed E-state index contributed by atoms with van der Waals surface area (Å²) in [4.78, 5) is 19.7. The number of carbonyl (C=O) groups is 1. The van der Waals surface area contributed by atoms with Crippen LogP contribution in [0.5, 0.6) is 5.75 Å². The molecule has 5 rings (SSSR count). The number of likely N-dealkylation sites (tertiary alicyclic amines) is 1. The molecule has 3 aliphatic heterocycles. The number of fused-ring (bicyclic) bond motifs is 3. The number of Topliss-reactive ketones (excluding diaryl/α,β-unsaturated/α-hetero) is 1. The second-order valence-electron chi connectivity index (χ2n) is 9.25. The van der Waals surface area contributed by atoms with E-state index in [1.165, 1.54) is 60.5 Å². The van der Waals surface area contributed by atoms with Gasteiger partial charge in [-0.15, -0.1) is 11.8 Å². The summed E-state index contributed by atoms with van der Waals surface area (Å²) in [5.41, 5.74) is 3.49. The van der Waals surface area contributed by atoms with E-state index in [4.69, 9.17) is 4.74 Å². The number of methoxy groups -OCH3 is 1. The molecule has 3 heterocycles. The van der Waals surface area contributed by atoms with Crippen molar-refractivity contribution in [3.63, 3.8) is 0 Å². The molecule has 0 N–H and O–H groups in total. The molecule has 6 heteroatoms. The highest BCUT2D eigenvalue weighted by Gasteiger charge is 2.43. The number of para-hydroxylation sites is 1. The van der Waals surface area contributed by atoms with Gasteiger partial charge in [0.2, 0.25) is 0 Å². The molecular weight excluding hydrogens is 423 g/mol. The second kappa shape index (κ2) is 9.06. The van der Waals surface area contributed by atoms with Crippen molar-refractivity contribution in [2.75, 3.05) is 43.9 Å². The topological polar surface area (TPSA) is 32.8 Å². The SMILES string of the molecule is COc1cc(F)ccc1C(=O)C(C)CCN1CCC2C(C1)c1cccc3c1N2CCCS3. The number of ketones is 1. The van der Waals surface area contributed by atoms with Crippen LogP contribution in [0.1, 0.15) is 48.0 Å². The molecule has 1 fully saturated rings. The lowest BCUT2D eigenvalue weighted by Crippen LogP contribution is -2.47. The monoisotopic (exact) mass is 454 g/mol. The van der Waals surface area contributed by atoms with Gasteiger partial charge in [-0.25, -0.2) is 4.39 Å². The number of nitrogens with zero attached hydrogens (tertiary/aromatic N) is 2. The van der Waals surface area contributed by atoms with E-state index in [9.17, 15) is 9.18 Å². The summed E-state index contributed by atoms with van der Waals surface area (Å²) >= 11 is 2.01. The normalized spacial score (nSPS) is 23.3. The van der Waals surface area contributed by atoms with Crippen LogP contribution in [0, 0.1) is 11.7 Å². The number of halogens is 1. The Morgan fingerprint density at radius 3 is 3.00 bits per heavy atom. The van der Waals surface area contributed by atoms with Gasteiger partial charge in [0.1, 0.15) is 11.6 Å². The van der Waals surface area contributed by atoms with Crippen LogP contribution in [0.4, 0.5) is 10.1 Å². The molecule has 170 valence electrons. The molecule has 0 amide bonds. The first kappa shape index (κ1) is 21.8. The fourth-order valence-corrected chi connectivity index (χ4v) is 6.69. The molecule has 1 saturated heterocycles. The molecule has 2 aromatic rings. The van der Waals surface area contributed by atoms with Crippen LogP contribution < -0.4 is 9.64 Å². The van der Waals surface area contributed by atoms with Crippen molar-refractivity contribution in [1.82, 2.24) is 4.90 Å². The molecule has 2 aromatic carbocycles. The Hall–Kier alpha value is -2.05. The Morgan fingerprint density at radius 2 is 2.16 bits per heavy atom. The quantitative estimate of drug-likeness (QED) is 0.559. The summed E-state index contributed by atoms with van der Waals surface area (Å²) in [5.74, 6) is 1.59. The van der Waals surface area contributed by atoms with Gasteiger partial charge in [-0.05, 0) is 55.3 Å². The van der Waals surface area contributed by atoms with E-state index in [0.717, 1.165) is 26.1 Å². The zero-order valence-corrected chi connectivity index (χ0v) is 19.7. The van der Waals surface area contributed by atoms with Crippen LogP contribution in [0.3, 0.4) is 0 Å². The highest BCUT2D eigenvalue weighted by Crippen LogP contribution is 2.50. The van der Waals surface area contributed by atoms with E-state index in [1.807, 2.05) is 18.7 Å². The van der Waals surface area contributed by atoms with E-state index in [-0.39, 0.29) is 17.5 Å². The lowest BCUT2D eigenvalue weighted by Gasteiger charge is -2.39. The largest absolute Gasteiger partial charge is 0.496 e. The fraction of sp³-hybridized carbons (Fsp3) is 0.500. The molecule has 0 bridgehead atoms. The summed E-state index contributed by atoms with van der Waals surface area (Å²) in [7, 11) is 1.48. The third kappa shape index (κ3) is 3.92. The van der Waals surface area contributed by atoms with Crippen LogP contribution in [0.15, 0.2) is 41.3 Å². The zero-order chi connectivity index (χ0) is 22.2. The predicted octanol–water partition coefficient (Wildman–Crippen LogP) is 5.22.